The summed E-state index contributed by atoms with van der Waals surface area (Å²) in [4.78, 5) is 15.8. The molecule has 0 spiro atoms. The molecule has 2 aromatic heterocycles. The summed E-state index contributed by atoms with van der Waals surface area (Å²) < 4.78 is 7.01. The molecular formula is C17H16N2O3. The van der Waals surface area contributed by atoms with Gasteiger partial charge in [0, 0.05) is 18.0 Å². The quantitative estimate of drug-likeness (QED) is 0.805. The largest absolute Gasteiger partial charge is 0.497 e. The van der Waals surface area contributed by atoms with Crippen LogP contribution in [0.4, 0.5) is 0 Å². The zero-order valence-corrected chi connectivity index (χ0v) is 12.6. The van der Waals surface area contributed by atoms with Crippen molar-refractivity contribution in [3.63, 3.8) is 0 Å². The monoisotopic (exact) mass is 296 g/mol. The van der Waals surface area contributed by atoms with Crippen LogP contribution >= 0.6 is 0 Å². The first-order valence-electron chi connectivity index (χ1n) is 6.88. The van der Waals surface area contributed by atoms with Gasteiger partial charge < -0.3 is 14.2 Å². The van der Waals surface area contributed by atoms with Gasteiger partial charge in [-0.2, -0.15) is 0 Å². The van der Waals surface area contributed by atoms with E-state index in [0.717, 1.165) is 28.1 Å². The Balaban J connectivity index is 2.24. The smallest absolute Gasteiger partial charge is 0.339 e. The van der Waals surface area contributed by atoms with Gasteiger partial charge in [-0.25, -0.2) is 9.78 Å². The van der Waals surface area contributed by atoms with Crippen molar-refractivity contribution in [2.45, 2.75) is 13.8 Å². The van der Waals surface area contributed by atoms with Crippen LogP contribution in [0.15, 0.2) is 36.7 Å². The molecule has 3 rings (SSSR count). The van der Waals surface area contributed by atoms with E-state index < -0.39 is 5.97 Å². The molecule has 0 aliphatic carbocycles. The topological polar surface area (TPSA) is 63.8 Å². The third-order valence-corrected chi connectivity index (χ3v) is 3.71. The van der Waals surface area contributed by atoms with Gasteiger partial charge >= 0.3 is 5.97 Å². The molecule has 2 heterocycles. The van der Waals surface area contributed by atoms with E-state index >= 15 is 0 Å². The Labute approximate surface area is 127 Å². The van der Waals surface area contributed by atoms with E-state index in [1.807, 2.05) is 32.2 Å². The first-order valence-corrected chi connectivity index (χ1v) is 6.88. The third kappa shape index (κ3) is 2.20. The van der Waals surface area contributed by atoms with Crippen LogP contribution in [0.5, 0.6) is 5.75 Å². The van der Waals surface area contributed by atoms with Gasteiger partial charge in [0.15, 0.2) is 5.65 Å². The van der Waals surface area contributed by atoms with Crippen LogP contribution in [0, 0.1) is 13.8 Å². The summed E-state index contributed by atoms with van der Waals surface area (Å²) in [5, 5.41) is 9.27. The lowest BCUT2D eigenvalue weighted by molar-refractivity contribution is 0.0698. The Morgan fingerprint density at radius 3 is 2.55 bits per heavy atom. The molecule has 0 saturated heterocycles. The van der Waals surface area contributed by atoms with Gasteiger partial charge in [-0.15, -0.1) is 0 Å². The highest BCUT2D eigenvalue weighted by molar-refractivity contribution is 5.94. The molecule has 5 nitrogen and oxygen atoms in total. The lowest BCUT2D eigenvalue weighted by Crippen LogP contribution is -1.99. The first kappa shape index (κ1) is 14.1. The highest BCUT2D eigenvalue weighted by Crippen LogP contribution is 2.30. The van der Waals surface area contributed by atoms with Crippen LogP contribution in [0.2, 0.25) is 0 Å². The predicted molar refractivity (Wildman–Crippen MR) is 83.6 cm³/mol. The lowest BCUT2D eigenvalue weighted by Gasteiger charge is -2.09. The molecule has 1 N–H and O–H groups in total. The predicted octanol–water partition coefficient (Wildman–Crippen LogP) is 3.32. The number of aryl methyl sites for hydroxylation is 2. The van der Waals surface area contributed by atoms with E-state index in [9.17, 15) is 9.90 Å². The second kappa shape index (κ2) is 5.18. The number of methoxy groups -OCH3 is 1. The number of pyridine rings is 1. The summed E-state index contributed by atoms with van der Waals surface area (Å²) in [5.41, 5.74) is 4.47. The van der Waals surface area contributed by atoms with Gasteiger partial charge in [-0.1, -0.05) is 0 Å². The van der Waals surface area contributed by atoms with Crippen molar-refractivity contribution in [1.29, 1.82) is 0 Å². The Morgan fingerprint density at radius 1 is 1.27 bits per heavy atom. The molecule has 0 bridgehead atoms. The van der Waals surface area contributed by atoms with Crippen molar-refractivity contribution in [3.05, 3.63) is 53.3 Å². The molecule has 5 heteroatoms. The Bertz CT molecular complexity index is 858. The molecule has 1 aromatic carbocycles. The summed E-state index contributed by atoms with van der Waals surface area (Å²) in [5.74, 6) is -0.181. The summed E-state index contributed by atoms with van der Waals surface area (Å²) in [6.07, 6.45) is 3.65. The molecular weight excluding hydrogens is 280 g/mol. The standard InChI is InChI=1S/C17H16N2O3/c1-10-7-12(22-3)8-11(2)15(10)14-9-19-6-4-5-13(17(20)21)16(19)18-14/h4-9H,1-3H3,(H,20,21). The van der Waals surface area contributed by atoms with Crippen LogP contribution in [-0.4, -0.2) is 27.6 Å². The first-order chi connectivity index (χ1) is 10.5. The van der Waals surface area contributed by atoms with Crippen LogP contribution in [-0.2, 0) is 0 Å². The fourth-order valence-corrected chi connectivity index (χ4v) is 2.75. The summed E-state index contributed by atoms with van der Waals surface area (Å²) in [6, 6.07) is 7.16. The van der Waals surface area contributed by atoms with Crippen molar-refractivity contribution in [2.24, 2.45) is 0 Å². The van der Waals surface area contributed by atoms with Gasteiger partial charge in [0.05, 0.1) is 12.8 Å². The van der Waals surface area contributed by atoms with Crippen molar-refractivity contribution >= 4 is 11.6 Å². The van der Waals surface area contributed by atoms with E-state index in [1.54, 1.807) is 29.8 Å². The SMILES string of the molecule is COc1cc(C)c(-c2cn3cccc(C(=O)O)c3n2)c(C)c1. The number of fused-ring (bicyclic) bond motifs is 1. The summed E-state index contributed by atoms with van der Waals surface area (Å²) >= 11 is 0. The van der Waals surface area contributed by atoms with Gasteiger partial charge in [-0.05, 0) is 49.2 Å². The second-order valence-electron chi connectivity index (χ2n) is 5.22. The van der Waals surface area contributed by atoms with E-state index in [0.29, 0.717) is 5.65 Å². The molecule has 0 radical (unpaired) electrons. The number of benzene rings is 1. The summed E-state index contributed by atoms with van der Waals surface area (Å²) in [7, 11) is 1.64. The number of ether oxygens (including phenoxy) is 1. The molecule has 0 fully saturated rings. The molecule has 0 saturated carbocycles. The number of nitrogens with zero attached hydrogens (tertiary/aromatic N) is 2. The number of imidazole rings is 1. The zero-order valence-electron chi connectivity index (χ0n) is 12.6. The molecule has 0 unspecified atom stereocenters. The Kier molecular flexibility index (Phi) is 3.33. The second-order valence-corrected chi connectivity index (χ2v) is 5.22. The molecule has 3 aromatic rings. The van der Waals surface area contributed by atoms with Crippen LogP contribution in [0.25, 0.3) is 16.9 Å². The molecule has 0 atom stereocenters. The molecule has 0 aliphatic heterocycles. The van der Waals surface area contributed by atoms with E-state index in [-0.39, 0.29) is 5.56 Å². The average Bonchev–Trinajstić information content (AvgIpc) is 2.89. The lowest BCUT2D eigenvalue weighted by atomic mass is 10.00. The maximum absolute atomic E-state index is 11.3. The van der Waals surface area contributed by atoms with Crippen LogP contribution < -0.4 is 4.74 Å². The number of carbonyl (C=O) groups is 1. The number of hydrogen-bond donors (Lipinski definition) is 1. The number of aromatic carboxylic acids is 1. The van der Waals surface area contributed by atoms with E-state index in [1.165, 1.54) is 0 Å². The molecule has 0 aliphatic rings. The van der Waals surface area contributed by atoms with Gasteiger partial charge in [0.25, 0.3) is 0 Å². The van der Waals surface area contributed by atoms with Crippen molar-refractivity contribution in [2.75, 3.05) is 7.11 Å². The fraction of sp³-hybridized carbons (Fsp3) is 0.176. The number of carboxylic acid groups (broad SMARTS) is 1. The highest BCUT2D eigenvalue weighted by Gasteiger charge is 2.15. The number of rotatable bonds is 3. The molecule has 0 amide bonds. The van der Waals surface area contributed by atoms with Crippen LogP contribution in [0.3, 0.4) is 0 Å². The van der Waals surface area contributed by atoms with Crippen molar-refractivity contribution in [3.8, 4) is 17.0 Å². The number of hydrogen-bond acceptors (Lipinski definition) is 3. The third-order valence-electron chi connectivity index (χ3n) is 3.71. The molecule has 112 valence electrons. The number of carboxylic acids is 1. The maximum Gasteiger partial charge on any atom is 0.339 e. The minimum Gasteiger partial charge on any atom is -0.497 e. The van der Waals surface area contributed by atoms with Crippen molar-refractivity contribution in [1.82, 2.24) is 9.38 Å². The molecule has 22 heavy (non-hydrogen) atoms. The minimum atomic E-state index is -0.981. The Morgan fingerprint density at radius 2 is 1.95 bits per heavy atom. The van der Waals surface area contributed by atoms with Crippen LogP contribution in [0.1, 0.15) is 21.5 Å². The number of aromatic nitrogens is 2. The zero-order chi connectivity index (χ0) is 15.9. The highest BCUT2D eigenvalue weighted by atomic mass is 16.5. The van der Waals surface area contributed by atoms with Crippen molar-refractivity contribution < 1.29 is 14.6 Å². The summed E-state index contributed by atoms with van der Waals surface area (Å²) in [6.45, 7) is 3.99. The fourth-order valence-electron chi connectivity index (χ4n) is 2.75. The van der Waals surface area contributed by atoms with E-state index in [2.05, 4.69) is 4.98 Å². The average molecular weight is 296 g/mol. The van der Waals surface area contributed by atoms with Gasteiger partial charge in [0.1, 0.15) is 11.3 Å². The maximum atomic E-state index is 11.3. The van der Waals surface area contributed by atoms with E-state index in [4.69, 9.17) is 4.74 Å². The Hall–Kier alpha value is -2.82. The normalized spacial score (nSPS) is 10.9. The van der Waals surface area contributed by atoms with Gasteiger partial charge in [0.2, 0.25) is 0 Å². The van der Waals surface area contributed by atoms with Gasteiger partial charge in [-0.3, -0.25) is 0 Å². The minimum absolute atomic E-state index is 0.192.